The number of esters is 1. The van der Waals surface area contributed by atoms with E-state index in [0.717, 1.165) is 22.4 Å². The standard InChI is InChI=1S/C26H24ClNO4/c1-31-24-10-6-4-7-19(24)17-11-13-18(14-12-17)25(29)28-22(15-16-23(28)26(30)32-2)20-8-3-5-9-21(20)27/h3-14,22-23H,15-16H2,1-2H3. The summed E-state index contributed by atoms with van der Waals surface area (Å²) in [5, 5.41) is 0.576. The molecule has 1 heterocycles. The van der Waals surface area contributed by atoms with Crippen LogP contribution in [0.4, 0.5) is 0 Å². The van der Waals surface area contributed by atoms with Crippen molar-refractivity contribution in [2.24, 2.45) is 0 Å². The summed E-state index contributed by atoms with van der Waals surface area (Å²) in [6, 6.07) is 21.5. The summed E-state index contributed by atoms with van der Waals surface area (Å²) < 4.78 is 10.4. The fourth-order valence-corrected chi connectivity index (χ4v) is 4.60. The predicted molar refractivity (Wildman–Crippen MR) is 124 cm³/mol. The third kappa shape index (κ3) is 4.08. The summed E-state index contributed by atoms with van der Waals surface area (Å²) in [5.41, 5.74) is 3.21. The van der Waals surface area contributed by atoms with Crippen molar-refractivity contribution in [3.05, 3.63) is 88.9 Å². The van der Waals surface area contributed by atoms with E-state index >= 15 is 0 Å². The van der Waals surface area contributed by atoms with Gasteiger partial charge in [0.2, 0.25) is 0 Å². The van der Waals surface area contributed by atoms with E-state index in [1.807, 2.05) is 54.6 Å². The molecular weight excluding hydrogens is 426 g/mol. The van der Waals surface area contributed by atoms with Crippen molar-refractivity contribution in [3.63, 3.8) is 0 Å². The second-order valence-electron chi connectivity index (χ2n) is 7.64. The maximum atomic E-state index is 13.6. The quantitative estimate of drug-likeness (QED) is 0.480. The lowest BCUT2D eigenvalue weighted by Crippen LogP contribution is -2.42. The minimum Gasteiger partial charge on any atom is -0.496 e. The number of benzene rings is 3. The Morgan fingerprint density at radius 2 is 1.59 bits per heavy atom. The van der Waals surface area contributed by atoms with Crippen molar-refractivity contribution in [2.45, 2.75) is 24.9 Å². The highest BCUT2D eigenvalue weighted by Crippen LogP contribution is 2.40. The highest BCUT2D eigenvalue weighted by molar-refractivity contribution is 6.31. The number of likely N-dealkylation sites (tertiary alicyclic amines) is 1. The van der Waals surface area contributed by atoms with Gasteiger partial charge in [-0.15, -0.1) is 0 Å². The average Bonchev–Trinajstić information content (AvgIpc) is 3.28. The Kier molecular flexibility index (Phi) is 6.47. The first-order valence-electron chi connectivity index (χ1n) is 10.4. The predicted octanol–water partition coefficient (Wildman–Crippen LogP) is 5.53. The fraction of sp³-hybridized carbons (Fsp3) is 0.231. The van der Waals surface area contributed by atoms with Gasteiger partial charge in [-0.3, -0.25) is 4.79 Å². The van der Waals surface area contributed by atoms with Crippen molar-refractivity contribution in [3.8, 4) is 16.9 Å². The number of amides is 1. The molecule has 4 rings (SSSR count). The molecule has 3 aromatic carbocycles. The van der Waals surface area contributed by atoms with E-state index in [2.05, 4.69) is 0 Å². The van der Waals surface area contributed by atoms with Gasteiger partial charge in [0.1, 0.15) is 11.8 Å². The summed E-state index contributed by atoms with van der Waals surface area (Å²) in [6.07, 6.45) is 1.15. The molecule has 1 fully saturated rings. The molecule has 1 amide bonds. The Bertz CT molecular complexity index is 1130. The second kappa shape index (κ2) is 9.45. The van der Waals surface area contributed by atoms with Gasteiger partial charge in [-0.05, 0) is 48.2 Å². The lowest BCUT2D eigenvalue weighted by atomic mass is 10.0. The minimum atomic E-state index is -0.650. The molecule has 0 saturated carbocycles. The number of rotatable bonds is 5. The van der Waals surface area contributed by atoms with Crippen LogP contribution in [0.1, 0.15) is 34.8 Å². The molecule has 0 spiro atoms. The number of methoxy groups -OCH3 is 2. The molecule has 1 aliphatic heterocycles. The van der Waals surface area contributed by atoms with Crippen LogP contribution in [0.5, 0.6) is 5.75 Å². The topological polar surface area (TPSA) is 55.8 Å². The number of nitrogens with zero attached hydrogens (tertiary/aromatic N) is 1. The second-order valence-corrected chi connectivity index (χ2v) is 8.05. The van der Waals surface area contributed by atoms with Crippen molar-refractivity contribution in [2.75, 3.05) is 14.2 Å². The first-order valence-corrected chi connectivity index (χ1v) is 10.8. The van der Waals surface area contributed by atoms with Gasteiger partial charge < -0.3 is 14.4 Å². The molecule has 32 heavy (non-hydrogen) atoms. The third-order valence-electron chi connectivity index (χ3n) is 5.91. The molecule has 1 aliphatic rings. The van der Waals surface area contributed by atoms with Gasteiger partial charge in [-0.1, -0.05) is 60.1 Å². The van der Waals surface area contributed by atoms with E-state index in [-0.39, 0.29) is 11.9 Å². The molecule has 0 aliphatic carbocycles. The molecule has 164 valence electrons. The number of hydrogen-bond donors (Lipinski definition) is 0. The van der Waals surface area contributed by atoms with Crippen molar-refractivity contribution in [1.29, 1.82) is 0 Å². The maximum absolute atomic E-state index is 13.6. The smallest absolute Gasteiger partial charge is 0.328 e. The van der Waals surface area contributed by atoms with Gasteiger partial charge in [-0.25, -0.2) is 4.79 Å². The maximum Gasteiger partial charge on any atom is 0.328 e. The van der Waals surface area contributed by atoms with E-state index in [4.69, 9.17) is 21.1 Å². The Labute approximate surface area is 192 Å². The number of para-hydroxylation sites is 1. The monoisotopic (exact) mass is 449 g/mol. The van der Waals surface area contributed by atoms with E-state index in [1.54, 1.807) is 30.2 Å². The molecule has 5 nitrogen and oxygen atoms in total. The number of carbonyl (C=O) groups is 2. The number of hydrogen-bond acceptors (Lipinski definition) is 4. The largest absolute Gasteiger partial charge is 0.496 e. The molecule has 2 atom stereocenters. The number of ether oxygens (including phenoxy) is 2. The van der Waals surface area contributed by atoms with Gasteiger partial charge in [0.25, 0.3) is 5.91 Å². The lowest BCUT2D eigenvalue weighted by Gasteiger charge is -2.30. The molecule has 6 heteroatoms. The molecule has 0 N–H and O–H groups in total. The summed E-state index contributed by atoms with van der Waals surface area (Å²) in [6.45, 7) is 0. The Morgan fingerprint density at radius 1 is 0.906 bits per heavy atom. The van der Waals surface area contributed by atoms with E-state index in [1.165, 1.54) is 7.11 Å². The minimum absolute atomic E-state index is 0.227. The zero-order chi connectivity index (χ0) is 22.7. The van der Waals surface area contributed by atoms with Crippen LogP contribution in [0.2, 0.25) is 5.02 Å². The van der Waals surface area contributed by atoms with Gasteiger partial charge in [-0.2, -0.15) is 0 Å². The van der Waals surface area contributed by atoms with Gasteiger partial charge >= 0.3 is 5.97 Å². The van der Waals surface area contributed by atoms with Crippen LogP contribution in [-0.4, -0.2) is 37.0 Å². The van der Waals surface area contributed by atoms with Gasteiger partial charge in [0.05, 0.1) is 20.3 Å². The normalized spacial score (nSPS) is 17.8. The molecule has 2 unspecified atom stereocenters. The highest BCUT2D eigenvalue weighted by atomic mass is 35.5. The summed E-state index contributed by atoms with van der Waals surface area (Å²) >= 11 is 6.43. The number of halogens is 1. The van der Waals surface area contributed by atoms with Gasteiger partial charge in [0, 0.05) is 16.1 Å². The van der Waals surface area contributed by atoms with Crippen LogP contribution in [0.15, 0.2) is 72.8 Å². The number of carbonyl (C=O) groups excluding carboxylic acids is 2. The first kappa shape index (κ1) is 21.9. The van der Waals surface area contributed by atoms with Crippen molar-refractivity contribution < 1.29 is 19.1 Å². The molecule has 0 bridgehead atoms. The van der Waals surface area contributed by atoms with Crippen LogP contribution >= 0.6 is 11.6 Å². The van der Waals surface area contributed by atoms with Gasteiger partial charge in [0.15, 0.2) is 0 Å². The third-order valence-corrected chi connectivity index (χ3v) is 6.25. The first-order chi connectivity index (χ1) is 15.5. The Morgan fingerprint density at radius 3 is 2.28 bits per heavy atom. The van der Waals surface area contributed by atoms with Crippen LogP contribution < -0.4 is 4.74 Å². The summed E-state index contributed by atoms with van der Waals surface area (Å²) in [5.74, 6) is 0.114. The Hall–Kier alpha value is -3.31. The Balaban J connectivity index is 1.68. The van der Waals surface area contributed by atoms with Crippen LogP contribution in [-0.2, 0) is 9.53 Å². The van der Waals surface area contributed by atoms with Crippen molar-refractivity contribution in [1.82, 2.24) is 4.90 Å². The van der Waals surface area contributed by atoms with E-state index in [9.17, 15) is 9.59 Å². The molecule has 3 aromatic rings. The van der Waals surface area contributed by atoms with Crippen LogP contribution in [0.25, 0.3) is 11.1 Å². The van der Waals surface area contributed by atoms with E-state index < -0.39 is 12.0 Å². The summed E-state index contributed by atoms with van der Waals surface area (Å²) in [7, 11) is 2.97. The molecule has 1 saturated heterocycles. The van der Waals surface area contributed by atoms with Crippen LogP contribution in [0.3, 0.4) is 0 Å². The van der Waals surface area contributed by atoms with E-state index in [0.29, 0.717) is 23.4 Å². The molecule has 0 radical (unpaired) electrons. The lowest BCUT2D eigenvalue weighted by molar-refractivity contribution is -0.145. The zero-order valence-corrected chi connectivity index (χ0v) is 18.7. The van der Waals surface area contributed by atoms with Crippen molar-refractivity contribution >= 4 is 23.5 Å². The molecule has 0 aromatic heterocycles. The fourth-order valence-electron chi connectivity index (χ4n) is 4.34. The summed E-state index contributed by atoms with van der Waals surface area (Å²) in [4.78, 5) is 27.7. The average molecular weight is 450 g/mol. The highest BCUT2D eigenvalue weighted by Gasteiger charge is 2.43. The SMILES string of the molecule is COC(=O)C1CCC(c2ccccc2Cl)N1C(=O)c1ccc(-c2ccccc2OC)cc1. The van der Waals surface area contributed by atoms with Crippen LogP contribution in [0, 0.1) is 0 Å². The zero-order valence-electron chi connectivity index (χ0n) is 18.0. The molecular formula is C26H24ClNO4.